The molecular weight excluding hydrogens is 224 g/mol. The lowest BCUT2D eigenvalue weighted by molar-refractivity contribution is -0.0526. The summed E-state index contributed by atoms with van der Waals surface area (Å²) in [5.41, 5.74) is 4.30. The Balaban J connectivity index is 1.64. The second-order valence-corrected chi connectivity index (χ2v) is 6.71. The van der Waals surface area contributed by atoms with Crippen LogP contribution in [0.4, 0.5) is 0 Å². The van der Waals surface area contributed by atoms with Crippen LogP contribution in [0.15, 0.2) is 23.0 Å². The van der Waals surface area contributed by atoms with Crippen LogP contribution in [0.25, 0.3) is 0 Å². The lowest BCUT2D eigenvalue weighted by Gasteiger charge is -2.56. The van der Waals surface area contributed by atoms with Crippen molar-refractivity contribution in [3.8, 4) is 0 Å². The maximum atomic E-state index is 5.85. The molecule has 1 aromatic heterocycles. The minimum Gasteiger partial charge on any atom is -0.472 e. The average Bonchev–Trinajstić information content (AvgIpc) is 2.86. The molecule has 0 aliphatic heterocycles. The Bertz CT molecular complexity index is 386. The molecule has 1 atom stereocenters. The summed E-state index contributed by atoms with van der Waals surface area (Å²) in [5, 5.41) is 0. The lowest BCUT2D eigenvalue weighted by atomic mass is 9.50. The summed E-state index contributed by atoms with van der Waals surface area (Å²) in [6.45, 7) is 0. The summed E-state index contributed by atoms with van der Waals surface area (Å²) in [6, 6.07) is 2.36. The van der Waals surface area contributed by atoms with Gasteiger partial charge in [-0.05, 0) is 67.8 Å². The summed E-state index contributed by atoms with van der Waals surface area (Å²) in [6.07, 6.45) is 10.9. The fourth-order valence-corrected chi connectivity index (χ4v) is 5.39. The molecule has 18 heavy (non-hydrogen) atoms. The second-order valence-electron chi connectivity index (χ2n) is 6.71. The number of hydrazine groups is 1. The molecule has 4 aliphatic carbocycles. The van der Waals surface area contributed by atoms with E-state index in [9.17, 15) is 0 Å². The molecule has 5 rings (SSSR count). The van der Waals surface area contributed by atoms with Gasteiger partial charge in [0.05, 0.1) is 18.6 Å². The van der Waals surface area contributed by atoms with E-state index in [1.165, 1.54) is 37.7 Å². The molecule has 4 saturated carbocycles. The first-order chi connectivity index (χ1) is 8.85. The summed E-state index contributed by atoms with van der Waals surface area (Å²) in [5.74, 6) is 10.4. The van der Waals surface area contributed by atoms with E-state index in [2.05, 4.69) is 11.5 Å². The molecule has 4 fully saturated rings. The summed E-state index contributed by atoms with van der Waals surface area (Å²) in [7, 11) is 0. The first kappa shape index (κ1) is 11.1. The molecule has 4 aliphatic rings. The maximum Gasteiger partial charge on any atom is 0.0950 e. The summed E-state index contributed by atoms with van der Waals surface area (Å²) in [4.78, 5) is 0. The predicted molar refractivity (Wildman–Crippen MR) is 69.3 cm³/mol. The van der Waals surface area contributed by atoms with E-state index in [1.54, 1.807) is 6.26 Å². The number of nitrogens with two attached hydrogens (primary N) is 1. The molecule has 3 N–H and O–H groups in total. The molecule has 98 valence electrons. The smallest absolute Gasteiger partial charge is 0.0950 e. The molecule has 1 aromatic rings. The van der Waals surface area contributed by atoms with E-state index >= 15 is 0 Å². The highest BCUT2D eigenvalue weighted by Crippen LogP contribution is 2.59. The van der Waals surface area contributed by atoms with Gasteiger partial charge < -0.3 is 4.42 Å². The first-order valence-electron chi connectivity index (χ1n) is 7.33. The van der Waals surface area contributed by atoms with E-state index in [4.69, 9.17) is 10.3 Å². The molecule has 1 unspecified atom stereocenters. The minimum absolute atomic E-state index is 0.291. The standard InChI is InChI=1S/C15H22N2O/c16-17-15(11-1-2-18-8-11)14-12-4-9-3-10(6-12)7-13(14)5-9/h1-2,8-10,12-15,17H,3-7,16H2. The molecule has 3 nitrogen and oxygen atoms in total. The average molecular weight is 246 g/mol. The Labute approximate surface area is 108 Å². The van der Waals surface area contributed by atoms with Gasteiger partial charge in [0.1, 0.15) is 0 Å². The van der Waals surface area contributed by atoms with Gasteiger partial charge in [0.2, 0.25) is 0 Å². The molecule has 0 aromatic carbocycles. The molecule has 0 radical (unpaired) electrons. The van der Waals surface area contributed by atoms with Gasteiger partial charge in [-0.3, -0.25) is 11.3 Å². The number of hydrogen-bond donors (Lipinski definition) is 2. The Kier molecular flexibility index (Phi) is 2.52. The Hall–Kier alpha value is -0.800. The number of rotatable bonds is 3. The first-order valence-corrected chi connectivity index (χ1v) is 7.33. The van der Waals surface area contributed by atoms with Crippen LogP contribution in [0.2, 0.25) is 0 Å². The van der Waals surface area contributed by atoms with Gasteiger partial charge in [0.25, 0.3) is 0 Å². The number of hydrogen-bond acceptors (Lipinski definition) is 3. The topological polar surface area (TPSA) is 51.2 Å². The Morgan fingerprint density at radius 1 is 1.11 bits per heavy atom. The maximum absolute atomic E-state index is 5.85. The summed E-state index contributed by atoms with van der Waals surface area (Å²) < 4.78 is 5.24. The Morgan fingerprint density at radius 2 is 1.78 bits per heavy atom. The SMILES string of the molecule is NNC(c1ccoc1)C1C2CC3CC(C2)CC1C3. The molecule has 1 heterocycles. The van der Waals surface area contributed by atoms with Gasteiger partial charge in [-0.2, -0.15) is 0 Å². The van der Waals surface area contributed by atoms with E-state index in [0.717, 1.165) is 29.6 Å². The lowest BCUT2D eigenvalue weighted by Crippen LogP contribution is -2.50. The van der Waals surface area contributed by atoms with Crippen LogP contribution in [0, 0.1) is 29.6 Å². The van der Waals surface area contributed by atoms with Crippen molar-refractivity contribution in [3.63, 3.8) is 0 Å². The minimum atomic E-state index is 0.291. The van der Waals surface area contributed by atoms with E-state index in [-0.39, 0.29) is 0 Å². The highest BCUT2D eigenvalue weighted by molar-refractivity contribution is 5.16. The molecule has 3 heteroatoms. The van der Waals surface area contributed by atoms with E-state index < -0.39 is 0 Å². The van der Waals surface area contributed by atoms with Crippen LogP contribution in [0.5, 0.6) is 0 Å². The quantitative estimate of drug-likeness (QED) is 0.637. The van der Waals surface area contributed by atoms with Crippen LogP contribution in [-0.4, -0.2) is 0 Å². The van der Waals surface area contributed by atoms with E-state index in [0.29, 0.717) is 6.04 Å². The van der Waals surface area contributed by atoms with Crippen molar-refractivity contribution in [2.45, 2.75) is 38.1 Å². The van der Waals surface area contributed by atoms with Gasteiger partial charge in [0, 0.05) is 5.56 Å². The highest BCUT2D eigenvalue weighted by atomic mass is 16.3. The fraction of sp³-hybridized carbons (Fsp3) is 0.733. The van der Waals surface area contributed by atoms with Crippen molar-refractivity contribution in [1.82, 2.24) is 5.43 Å². The third-order valence-electron chi connectivity index (χ3n) is 5.77. The van der Waals surface area contributed by atoms with E-state index in [1.807, 2.05) is 6.26 Å². The van der Waals surface area contributed by atoms with Crippen LogP contribution < -0.4 is 11.3 Å². The fourth-order valence-electron chi connectivity index (χ4n) is 5.39. The van der Waals surface area contributed by atoms with Gasteiger partial charge in [-0.15, -0.1) is 0 Å². The van der Waals surface area contributed by atoms with Gasteiger partial charge in [-0.1, -0.05) is 0 Å². The van der Waals surface area contributed by atoms with Crippen molar-refractivity contribution in [2.24, 2.45) is 35.4 Å². The highest BCUT2D eigenvalue weighted by Gasteiger charge is 2.50. The zero-order valence-corrected chi connectivity index (χ0v) is 10.7. The van der Waals surface area contributed by atoms with Gasteiger partial charge in [-0.25, -0.2) is 0 Å². The Morgan fingerprint density at radius 3 is 2.28 bits per heavy atom. The summed E-state index contributed by atoms with van der Waals surface area (Å²) >= 11 is 0. The molecule has 0 spiro atoms. The largest absolute Gasteiger partial charge is 0.472 e. The predicted octanol–water partition coefficient (Wildman–Crippen LogP) is 2.86. The van der Waals surface area contributed by atoms with Crippen LogP contribution >= 0.6 is 0 Å². The van der Waals surface area contributed by atoms with Gasteiger partial charge >= 0.3 is 0 Å². The van der Waals surface area contributed by atoms with Crippen molar-refractivity contribution >= 4 is 0 Å². The normalized spacial score (nSPS) is 43.3. The third kappa shape index (κ3) is 1.57. The van der Waals surface area contributed by atoms with Crippen LogP contribution in [0.1, 0.15) is 43.7 Å². The second kappa shape index (κ2) is 4.10. The van der Waals surface area contributed by atoms with Crippen molar-refractivity contribution in [2.75, 3.05) is 0 Å². The molecular formula is C15H22N2O. The number of furan rings is 1. The third-order valence-corrected chi connectivity index (χ3v) is 5.77. The van der Waals surface area contributed by atoms with Gasteiger partial charge in [0.15, 0.2) is 0 Å². The number of nitrogens with one attached hydrogen (secondary N) is 1. The van der Waals surface area contributed by atoms with Crippen LogP contribution in [0.3, 0.4) is 0 Å². The van der Waals surface area contributed by atoms with Crippen molar-refractivity contribution in [1.29, 1.82) is 0 Å². The molecule has 0 amide bonds. The zero-order valence-electron chi connectivity index (χ0n) is 10.7. The zero-order chi connectivity index (χ0) is 12.1. The van der Waals surface area contributed by atoms with Crippen molar-refractivity contribution in [3.05, 3.63) is 24.2 Å². The molecule has 4 bridgehead atoms. The monoisotopic (exact) mass is 246 g/mol. The molecule has 0 saturated heterocycles. The van der Waals surface area contributed by atoms with Crippen LogP contribution in [-0.2, 0) is 0 Å². The van der Waals surface area contributed by atoms with Crippen molar-refractivity contribution < 1.29 is 4.42 Å².